The predicted molar refractivity (Wildman–Crippen MR) is 119 cm³/mol. The zero-order valence-electron chi connectivity index (χ0n) is 18.5. The summed E-state index contributed by atoms with van der Waals surface area (Å²) in [6.45, 7) is -0.356. The van der Waals surface area contributed by atoms with E-state index in [9.17, 15) is 42.9 Å². The molecule has 14 nitrogen and oxygen atoms in total. The Kier molecular flexibility index (Phi) is 6.24. The third-order valence-electron chi connectivity index (χ3n) is 6.38. The third-order valence-corrected chi connectivity index (χ3v) is 9.51. The number of Topliss-reactive ketones (excluding diaryl/α,β-unsaturated/α-hetero) is 1. The van der Waals surface area contributed by atoms with Gasteiger partial charge in [-0.2, -0.15) is 0 Å². The zero-order valence-corrected chi connectivity index (χ0v) is 20.1. The number of sulfone groups is 1. The first-order chi connectivity index (χ1) is 16.8. The first-order valence-corrected chi connectivity index (χ1v) is 12.4. The molecule has 4 N–H and O–H groups in total. The molecule has 194 valence electrons. The first kappa shape index (κ1) is 25.5. The lowest BCUT2D eigenvalue weighted by atomic mass is 9.97. The molecule has 0 bridgehead atoms. The van der Waals surface area contributed by atoms with Crippen molar-refractivity contribution in [2.75, 3.05) is 13.2 Å². The summed E-state index contributed by atoms with van der Waals surface area (Å²) < 4.78 is 28.5. The number of alkyl carbamates (subject to hydrolysis) is 1. The maximum atomic E-state index is 12.8. The van der Waals surface area contributed by atoms with E-state index in [-0.39, 0.29) is 29.1 Å². The fourth-order valence-electron chi connectivity index (χ4n) is 4.29. The summed E-state index contributed by atoms with van der Waals surface area (Å²) >= 11 is 5.98. The van der Waals surface area contributed by atoms with Crippen LogP contribution in [-0.2, 0) is 33.8 Å². The topological polar surface area (TPSA) is 209 Å². The van der Waals surface area contributed by atoms with Gasteiger partial charge in [0.1, 0.15) is 16.7 Å². The Balaban J connectivity index is 1.32. The number of hydrogen-bond acceptors (Lipinski definition) is 11. The molecule has 1 aromatic carbocycles. The van der Waals surface area contributed by atoms with Crippen LogP contribution in [0.25, 0.3) is 0 Å². The number of ether oxygens (including phenoxy) is 1. The van der Waals surface area contributed by atoms with Crippen LogP contribution in [0.4, 0.5) is 4.79 Å². The lowest BCUT2D eigenvalue weighted by Gasteiger charge is -2.35. The molecule has 1 unspecified atom stereocenters. The molecule has 16 heteroatoms. The lowest BCUT2D eigenvalue weighted by Crippen LogP contribution is -2.58. The van der Waals surface area contributed by atoms with Gasteiger partial charge in [0.2, 0.25) is 5.91 Å². The number of oxime groups is 1. The number of phenolic OH excluding ortho intramolecular Hbond substituents is 2. The van der Waals surface area contributed by atoms with Crippen LogP contribution in [-0.4, -0.2) is 93.5 Å². The van der Waals surface area contributed by atoms with E-state index in [2.05, 4.69) is 10.5 Å². The Morgan fingerprint density at radius 3 is 2.64 bits per heavy atom. The highest BCUT2D eigenvalue weighted by molar-refractivity contribution is 7.94. The number of β-lactam (4-membered cyclic amide) rings is 1. The van der Waals surface area contributed by atoms with Gasteiger partial charge in [-0.25, -0.2) is 18.0 Å². The zero-order chi connectivity index (χ0) is 26.6. The van der Waals surface area contributed by atoms with Crippen LogP contribution in [0.15, 0.2) is 17.3 Å². The van der Waals surface area contributed by atoms with Gasteiger partial charge >= 0.3 is 12.1 Å². The summed E-state index contributed by atoms with van der Waals surface area (Å²) in [5.41, 5.74) is 0.450. The number of carbonyl (C=O) groups excluding carboxylic acids is 3. The number of hydrogen-bond donors (Lipinski definition) is 4. The number of aromatic hydroxyl groups is 2. The molecule has 4 rings (SSSR count). The number of phenols is 2. The number of benzene rings is 1. The standard InChI is InChI=1S/C20H20ClN3O11S/c1-20(17(18(29)30)24-13(27)5-14(24)36(20,32)33)7-34-19(31)22-6-11(26)12-4-9(23-35-12)8-2-3-10(25)16(28)15(8)21/h2-3,12,14,17,25,28H,4-7H2,1H3,(H,22,31)(H,29,30)/t12?,14-,17+,20+/m1/s1. The number of rotatable bonds is 7. The minimum absolute atomic E-state index is 0.0542. The quantitative estimate of drug-likeness (QED) is 0.259. The Morgan fingerprint density at radius 1 is 1.31 bits per heavy atom. The minimum atomic E-state index is -4.16. The van der Waals surface area contributed by atoms with Gasteiger partial charge in [-0.3, -0.25) is 9.59 Å². The summed E-state index contributed by atoms with van der Waals surface area (Å²) in [6, 6.07) is 0.835. The highest BCUT2D eigenvalue weighted by Crippen LogP contribution is 2.46. The van der Waals surface area contributed by atoms with E-state index in [0.717, 1.165) is 11.8 Å². The monoisotopic (exact) mass is 545 g/mol. The van der Waals surface area contributed by atoms with E-state index in [1.165, 1.54) is 12.1 Å². The second-order valence-electron chi connectivity index (χ2n) is 8.59. The molecule has 3 heterocycles. The van der Waals surface area contributed by atoms with E-state index in [1.54, 1.807) is 0 Å². The summed E-state index contributed by atoms with van der Waals surface area (Å²) in [6.07, 6.45) is -2.69. The number of nitrogens with one attached hydrogen (secondary N) is 1. The average molecular weight is 546 g/mol. The molecule has 3 aliphatic heterocycles. The predicted octanol–water partition coefficient (Wildman–Crippen LogP) is -0.262. The minimum Gasteiger partial charge on any atom is -0.504 e. The molecule has 2 fully saturated rings. The number of ketones is 1. The maximum absolute atomic E-state index is 12.8. The van der Waals surface area contributed by atoms with Gasteiger partial charge < -0.3 is 35.1 Å². The molecule has 1 aromatic rings. The number of carboxylic acids is 1. The molecule has 4 atom stereocenters. The second kappa shape index (κ2) is 8.81. The van der Waals surface area contributed by atoms with E-state index in [0.29, 0.717) is 0 Å². The molecule has 36 heavy (non-hydrogen) atoms. The van der Waals surface area contributed by atoms with Gasteiger partial charge in [0, 0.05) is 12.0 Å². The van der Waals surface area contributed by atoms with Crippen LogP contribution in [0.2, 0.25) is 5.02 Å². The van der Waals surface area contributed by atoms with Crippen molar-refractivity contribution in [1.29, 1.82) is 0 Å². The van der Waals surface area contributed by atoms with Crippen LogP contribution in [0.5, 0.6) is 11.5 Å². The smallest absolute Gasteiger partial charge is 0.407 e. The van der Waals surface area contributed by atoms with Crippen molar-refractivity contribution < 1.29 is 52.5 Å². The number of amides is 2. The molecular weight excluding hydrogens is 526 g/mol. The van der Waals surface area contributed by atoms with Crippen molar-refractivity contribution in [3.8, 4) is 11.5 Å². The van der Waals surface area contributed by atoms with E-state index in [1.807, 2.05) is 0 Å². The van der Waals surface area contributed by atoms with Gasteiger partial charge in [0.05, 0.1) is 23.7 Å². The SMILES string of the molecule is C[C@]1(COC(=O)NCC(=O)C2CC(c3ccc(O)c(O)c3Cl)=NO2)[C@H](C(=O)O)N2C(=O)C[C@H]2S1(=O)=O. The van der Waals surface area contributed by atoms with Crippen molar-refractivity contribution >= 4 is 50.9 Å². The van der Waals surface area contributed by atoms with E-state index < -0.39 is 80.5 Å². The Bertz CT molecular complexity index is 1310. The van der Waals surface area contributed by atoms with E-state index in [4.69, 9.17) is 21.2 Å². The number of halogens is 1. The number of fused-ring (bicyclic) bond motifs is 1. The number of carbonyl (C=O) groups is 4. The van der Waals surface area contributed by atoms with Crippen LogP contribution < -0.4 is 5.32 Å². The van der Waals surface area contributed by atoms with Crippen LogP contribution >= 0.6 is 11.6 Å². The maximum Gasteiger partial charge on any atom is 0.407 e. The van der Waals surface area contributed by atoms with Crippen molar-refractivity contribution in [1.82, 2.24) is 10.2 Å². The highest BCUT2D eigenvalue weighted by atomic mass is 35.5. The fraction of sp³-hybridized carbons (Fsp3) is 0.450. The lowest BCUT2D eigenvalue weighted by molar-refractivity contribution is -0.158. The number of carboxylic acid groups (broad SMARTS) is 1. The molecule has 0 aliphatic carbocycles. The fourth-order valence-corrected chi connectivity index (χ4v) is 6.83. The summed E-state index contributed by atoms with van der Waals surface area (Å²) in [5.74, 6) is -3.80. The molecular formula is C20H20ClN3O11S. The van der Waals surface area contributed by atoms with Crippen molar-refractivity contribution in [2.24, 2.45) is 5.16 Å². The van der Waals surface area contributed by atoms with Crippen molar-refractivity contribution in [3.63, 3.8) is 0 Å². The number of aliphatic carboxylic acids is 1. The largest absolute Gasteiger partial charge is 0.504 e. The second-order valence-corrected chi connectivity index (χ2v) is 11.5. The first-order valence-electron chi connectivity index (χ1n) is 10.4. The van der Waals surface area contributed by atoms with Gasteiger partial charge in [0.15, 0.2) is 39.3 Å². The summed E-state index contributed by atoms with van der Waals surface area (Å²) in [7, 11) is -4.16. The van der Waals surface area contributed by atoms with E-state index >= 15 is 0 Å². The Hall–Kier alpha value is -3.59. The normalized spacial score (nSPS) is 27.9. The molecule has 0 spiro atoms. The molecule has 0 aromatic heterocycles. The Morgan fingerprint density at radius 2 is 2.00 bits per heavy atom. The van der Waals surface area contributed by atoms with Crippen molar-refractivity contribution in [2.45, 2.75) is 42.0 Å². The summed E-state index contributed by atoms with van der Waals surface area (Å²) in [5, 5.41) is 33.2. The highest BCUT2D eigenvalue weighted by Gasteiger charge is 2.70. The third kappa shape index (κ3) is 3.87. The molecule has 3 aliphatic rings. The molecule has 0 saturated carbocycles. The van der Waals surface area contributed by atoms with Gasteiger partial charge in [-0.05, 0) is 19.1 Å². The number of nitrogens with zero attached hydrogens (tertiary/aromatic N) is 2. The van der Waals surface area contributed by atoms with Crippen LogP contribution in [0, 0.1) is 0 Å². The molecule has 2 amide bonds. The van der Waals surface area contributed by atoms with Crippen LogP contribution in [0.3, 0.4) is 0 Å². The van der Waals surface area contributed by atoms with Gasteiger partial charge in [-0.1, -0.05) is 16.8 Å². The van der Waals surface area contributed by atoms with Crippen molar-refractivity contribution in [3.05, 3.63) is 22.7 Å². The Labute approximate surface area is 208 Å². The average Bonchev–Trinajstić information content (AvgIpc) is 3.35. The molecule has 2 saturated heterocycles. The molecule has 0 radical (unpaired) electrons. The van der Waals surface area contributed by atoms with Gasteiger partial charge in [0.25, 0.3) is 0 Å². The van der Waals surface area contributed by atoms with Crippen LogP contribution in [0.1, 0.15) is 25.3 Å². The van der Waals surface area contributed by atoms with Gasteiger partial charge in [-0.15, -0.1) is 0 Å². The summed E-state index contributed by atoms with van der Waals surface area (Å²) in [4.78, 5) is 53.9.